The fraction of sp³-hybridized carbons (Fsp3) is 0.929. The molecule has 1 aliphatic heterocycles. The highest BCUT2D eigenvalue weighted by Gasteiger charge is 2.26. The van der Waals surface area contributed by atoms with E-state index in [-0.39, 0.29) is 11.8 Å². The minimum Gasteiger partial charge on any atom is -0.444 e. The zero-order valence-electron chi connectivity index (χ0n) is 14.0. The SMILES string of the molecule is CNS(=O)(=O)CCNCC1CCN(C(=O)OC(C)(C)C)CC1. The normalized spacial score (nSPS) is 17.5. The lowest BCUT2D eigenvalue weighted by Gasteiger charge is -2.33. The van der Waals surface area contributed by atoms with E-state index in [4.69, 9.17) is 4.74 Å². The van der Waals surface area contributed by atoms with Crippen LogP contribution in [0.4, 0.5) is 4.79 Å². The molecule has 1 heterocycles. The molecule has 0 aromatic rings. The number of nitrogens with zero attached hydrogens (tertiary/aromatic N) is 1. The standard InChI is InChI=1S/C14H29N3O4S/c1-14(2,3)21-13(18)17-8-5-12(6-9-17)11-16-7-10-22(19,20)15-4/h12,15-16H,5-11H2,1-4H3. The smallest absolute Gasteiger partial charge is 0.410 e. The number of hydrogen-bond acceptors (Lipinski definition) is 5. The third-order valence-electron chi connectivity index (χ3n) is 3.56. The molecule has 1 saturated heterocycles. The van der Waals surface area contributed by atoms with Crippen molar-refractivity contribution in [3.63, 3.8) is 0 Å². The van der Waals surface area contributed by atoms with Crippen molar-refractivity contribution in [3.05, 3.63) is 0 Å². The Morgan fingerprint density at radius 2 is 1.86 bits per heavy atom. The molecule has 0 atom stereocenters. The highest BCUT2D eigenvalue weighted by atomic mass is 32.2. The number of likely N-dealkylation sites (tertiary alicyclic amines) is 1. The number of nitrogens with one attached hydrogen (secondary N) is 2. The number of amides is 1. The fourth-order valence-corrected chi connectivity index (χ4v) is 2.88. The van der Waals surface area contributed by atoms with Gasteiger partial charge in [-0.15, -0.1) is 0 Å². The van der Waals surface area contributed by atoms with Crippen LogP contribution in [0.3, 0.4) is 0 Å². The molecule has 0 bridgehead atoms. The number of rotatable bonds is 6. The van der Waals surface area contributed by atoms with E-state index < -0.39 is 15.6 Å². The molecule has 1 rings (SSSR count). The predicted molar refractivity (Wildman–Crippen MR) is 86.2 cm³/mol. The molecule has 8 heteroatoms. The van der Waals surface area contributed by atoms with Gasteiger partial charge in [0.2, 0.25) is 10.0 Å². The Labute approximate surface area is 133 Å². The van der Waals surface area contributed by atoms with Gasteiger partial charge in [0.25, 0.3) is 0 Å². The van der Waals surface area contributed by atoms with Crippen molar-refractivity contribution in [2.75, 3.05) is 39.0 Å². The molecular formula is C14H29N3O4S. The maximum absolute atomic E-state index is 11.9. The summed E-state index contributed by atoms with van der Waals surface area (Å²) in [6, 6.07) is 0. The van der Waals surface area contributed by atoms with Gasteiger partial charge in [0.05, 0.1) is 5.75 Å². The molecule has 0 spiro atoms. The van der Waals surface area contributed by atoms with Gasteiger partial charge in [-0.2, -0.15) is 0 Å². The summed E-state index contributed by atoms with van der Waals surface area (Å²) in [5, 5.41) is 3.17. The predicted octanol–water partition coefficient (Wildman–Crippen LogP) is 0.772. The topological polar surface area (TPSA) is 87.7 Å². The van der Waals surface area contributed by atoms with Crippen molar-refractivity contribution >= 4 is 16.1 Å². The molecule has 7 nitrogen and oxygen atoms in total. The molecular weight excluding hydrogens is 306 g/mol. The Bertz CT molecular complexity index is 451. The highest BCUT2D eigenvalue weighted by molar-refractivity contribution is 7.89. The zero-order valence-corrected chi connectivity index (χ0v) is 14.8. The van der Waals surface area contributed by atoms with Crippen LogP contribution in [0.1, 0.15) is 33.6 Å². The molecule has 0 aromatic carbocycles. The summed E-state index contributed by atoms with van der Waals surface area (Å²) in [6.07, 6.45) is 1.56. The lowest BCUT2D eigenvalue weighted by atomic mass is 9.97. The van der Waals surface area contributed by atoms with Gasteiger partial charge in [-0.05, 0) is 53.1 Å². The molecule has 0 radical (unpaired) electrons. The highest BCUT2D eigenvalue weighted by Crippen LogP contribution is 2.19. The number of hydrogen-bond donors (Lipinski definition) is 2. The summed E-state index contributed by atoms with van der Waals surface area (Å²) in [7, 11) is -1.72. The lowest BCUT2D eigenvalue weighted by Crippen LogP contribution is -2.43. The van der Waals surface area contributed by atoms with E-state index in [2.05, 4.69) is 10.0 Å². The van der Waals surface area contributed by atoms with Crippen LogP contribution >= 0.6 is 0 Å². The maximum Gasteiger partial charge on any atom is 0.410 e. The van der Waals surface area contributed by atoms with Crippen molar-refractivity contribution in [2.24, 2.45) is 5.92 Å². The van der Waals surface area contributed by atoms with Gasteiger partial charge in [-0.3, -0.25) is 0 Å². The van der Waals surface area contributed by atoms with Crippen LogP contribution in [0.5, 0.6) is 0 Å². The first-order chi connectivity index (χ1) is 10.1. The number of carbonyl (C=O) groups is 1. The first-order valence-corrected chi connectivity index (χ1v) is 9.38. The first-order valence-electron chi connectivity index (χ1n) is 7.73. The average Bonchev–Trinajstić information content (AvgIpc) is 2.42. The second kappa shape index (κ2) is 8.12. The van der Waals surface area contributed by atoms with E-state index in [1.165, 1.54) is 7.05 Å². The zero-order chi connectivity index (χ0) is 16.8. The van der Waals surface area contributed by atoms with Crippen LogP contribution in [0, 0.1) is 5.92 Å². The van der Waals surface area contributed by atoms with Crippen molar-refractivity contribution in [2.45, 2.75) is 39.2 Å². The van der Waals surface area contributed by atoms with Crippen LogP contribution in [0.15, 0.2) is 0 Å². The molecule has 0 aromatic heterocycles. The molecule has 22 heavy (non-hydrogen) atoms. The van der Waals surface area contributed by atoms with Gasteiger partial charge in [-0.25, -0.2) is 17.9 Å². The van der Waals surface area contributed by atoms with Gasteiger partial charge < -0.3 is 15.0 Å². The van der Waals surface area contributed by atoms with Gasteiger partial charge in [0.1, 0.15) is 5.60 Å². The van der Waals surface area contributed by atoms with E-state index in [1.54, 1.807) is 4.90 Å². The Kier molecular flexibility index (Phi) is 7.08. The number of piperidine rings is 1. The fourth-order valence-electron chi connectivity index (χ4n) is 2.26. The molecule has 130 valence electrons. The Hall–Kier alpha value is -0.860. The Morgan fingerprint density at radius 1 is 1.27 bits per heavy atom. The largest absolute Gasteiger partial charge is 0.444 e. The van der Waals surface area contributed by atoms with Crippen LogP contribution in [-0.2, 0) is 14.8 Å². The third-order valence-corrected chi connectivity index (χ3v) is 4.92. The van der Waals surface area contributed by atoms with Gasteiger partial charge >= 0.3 is 6.09 Å². The summed E-state index contributed by atoms with van der Waals surface area (Å²) in [6.45, 7) is 8.19. The van der Waals surface area contributed by atoms with E-state index in [1.807, 2.05) is 20.8 Å². The van der Waals surface area contributed by atoms with Gasteiger partial charge in [0.15, 0.2) is 0 Å². The Balaban J connectivity index is 2.22. The lowest BCUT2D eigenvalue weighted by molar-refractivity contribution is 0.0184. The molecule has 0 aliphatic carbocycles. The molecule has 1 amide bonds. The van der Waals surface area contributed by atoms with Crippen LogP contribution < -0.4 is 10.0 Å². The minimum atomic E-state index is -3.14. The summed E-state index contributed by atoms with van der Waals surface area (Å²) >= 11 is 0. The summed E-state index contributed by atoms with van der Waals surface area (Å²) in [4.78, 5) is 13.7. The summed E-state index contributed by atoms with van der Waals surface area (Å²) in [5.74, 6) is 0.552. The Morgan fingerprint density at radius 3 is 2.36 bits per heavy atom. The van der Waals surface area contributed by atoms with Crippen molar-refractivity contribution in [1.82, 2.24) is 14.9 Å². The van der Waals surface area contributed by atoms with E-state index in [9.17, 15) is 13.2 Å². The first kappa shape index (κ1) is 19.2. The van der Waals surface area contributed by atoms with E-state index in [0.29, 0.717) is 25.6 Å². The van der Waals surface area contributed by atoms with Crippen molar-refractivity contribution in [1.29, 1.82) is 0 Å². The van der Waals surface area contributed by atoms with Gasteiger partial charge in [0, 0.05) is 19.6 Å². The second-order valence-corrected chi connectivity index (χ2v) is 8.68. The number of carbonyl (C=O) groups excluding carboxylic acids is 1. The van der Waals surface area contributed by atoms with Crippen LogP contribution in [0.25, 0.3) is 0 Å². The minimum absolute atomic E-state index is 0.0836. The molecule has 0 unspecified atom stereocenters. The quantitative estimate of drug-likeness (QED) is 0.700. The molecule has 2 N–H and O–H groups in total. The van der Waals surface area contributed by atoms with Crippen LogP contribution in [-0.4, -0.2) is 64.0 Å². The average molecular weight is 335 g/mol. The maximum atomic E-state index is 11.9. The second-order valence-electron chi connectivity index (χ2n) is 6.64. The van der Waals surface area contributed by atoms with Crippen molar-refractivity contribution in [3.8, 4) is 0 Å². The van der Waals surface area contributed by atoms with E-state index in [0.717, 1.165) is 19.4 Å². The number of ether oxygens (including phenoxy) is 1. The summed E-state index contributed by atoms with van der Waals surface area (Å²) in [5.41, 5.74) is -0.464. The summed E-state index contributed by atoms with van der Waals surface area (Å²) < 4.78 is 30.2. The van der Waals surface area contributed by atoms with Crippen molar-refractivity contribution < 1.29 is 17.9 Å². The molecule has 1 fully saturated rings. The molecule has 1 aliphatic rings. The van der Waals surface area contributed by atoms with Gasteiger partial charge in [-0.1, -0.05) is 0 Å². The third kappa shape index (κ3) is 7.42. The molecule has 0 saturated carbocycles. The monoisotopic (exact) mass is 335 g/mol. The van der Waals surface area contributed by atoms with Crippen LogP contribution in [0.2, 0.25) is 0 Å². The number of sulfonamides is 1. The van der Waals surface area contributed by atoms with E-state index >= 15 is 0 Å².